The van der Waals surface area contributed by atoms with Crippen LogP contribution in [0.5, 0.6) is 0 Å². The van der Waals surface area contributed by atoms with Crippen LogP contribution in [0.4, 0.5) is 0 Å². The molecule has 0 atom stereocenters. The van der Waals surface area contributed by atoms with E-state index in [2.05, 4.69) is 30.0 Å². The molecule has 6 heteroatoms. The third-order valence-corrected chi connectivity index (χ3v) is 5.18. The molecule has 28 heavy (non-hydrogen) atoms. The second-order valence-corrected chi connectivity index (χ2v) is 8.38. The normalized spacial score (nSPS) is 14.1. The topological polar surface area (TPSA) is 43.1 Å². The van der Waals surface area contributed by atoms with Gasteiger partial charge in [0.05, 0.1) is 24.3 Å². The average molecular weight is 395 g/mol. The summed E-state index contributed by atoms with van der Waals surface area (Å²) in [7, 11) is 0. The van der Waals surface area contributed by atoms with Gasteiger partial charge in [0.2, 0.25) is 5.91 Å². The zero-order chi connectivity index (χ0) is 19.9. The van der Waals surface area contributed by atoms with Crippen LogP contribution in [0.15, 0.2) is 54.9 Å². The summed E-state index contributed by atoms with van der Waals surface area (Å²) in [6, 6.07) is 11.5. The van der Waals surface area contributed by atoms with Crippen molar-refractivity contribution in [3.8, 4) is 5.82 Å². The lowest BCUT2D eigenvalue weighted by Crippen LogP contribution is -2.29. The van der Waals surface area contributed by atoms with Crippen LogP contribution in [0.3, 0.4) is 0 Å². The number of fused-ring (bicyclic) bond motifs is 1. The fourth-order valence-corrected chi connectivity index (χ4v) is 3.64. The van der Waals surface area contributed by atoms with Crippen molar-refractivity contribution in [1.82, 2.24) is 19.2 Å². The maximum absolute atomic E-state index is 12.7. The summed E-state index contributed by atoms with van der Waals surface area (Å²) in [5, 5.41) is 5.47. The van der Waals surface area contributed by atoms with Crippen LogP contribution in [0.2, 0.25) is 5.02 Å². The smallest absolute Gasteiger partial charge is 0.247 e. The number of hydrogen-bond acceptors (Lipinski definition) is 2. The van der Waals surface area contributed by atoms with Crippen LogP contribution in [-0.2, 0) is 23.4 Å². The molecule has 1 aromatic carbocycles. The number of rotatable bonds is 3. The minimum atomic E-state index is -0.150. The second kappa shape index (κ2) is 6.99. The van der Waals surface area contributed by atoms with E-state index in [4.69, 9.17) is 16.7 Å². The van der Waals surface area contributed by atoms with Gasteiger partial charge in [-0.15, -0.1) is 0 Å². The van der Waals surface area contributed by atoms with E-state index in [-0.39, 0.29) is 11.4 Å². The largest absolute Gasteiger partial charge is 0.329 e. The first-order chi connectivity index (χ1) is 13.3. The van der Waals surface area contributed by atoms with Gasteiger partial charge in [-0.25, -0.2) is 4.68 Å². The first kappa shape index (κ1) is 18.6. The van der Waals surface area contributed by atoms with Crippen molar-refractivity contribution in [1.29, 1.82) is 0 Å². The Kier molecular flexibility index (Phi) is 4.63. The van der Waals surface area contributed by atoms with E-state index in [0.717, 1.165) is 22.6 Å². The number of amides is 1. The molecule has 1 aliphatic rings. The van der Waals surface area contributed by atoms with Gasteiger partial charge >= 0.3 is 0 Å². The van der Waals surface area contributed by atoms with E-state index in [1.54, 1.807) is 12.2 Å². The Morgan fingerprint density at radius 2 is 1.82 bits per heavy atom. The Labute approximate surface area is 169 Å². The van der Waals surface area contributed by atoms with Crippen molar-refractivity contribution in [2.45, 2.75) is 39.4 Å². The Morgan fingerprint density at radius 1 is 1.11 bits per heavy atom. The zero-order valence-electron chi connectivity index (χ0n) is 16.3. The SMILES string of the molecule is CC(C)(C)n1nc2c(c1-n1cccc1)CN(C(=O)C=Cc1ccccc1Cl)C2. The molecule has 2 aromatic heterocycles. The van der Waals surface area contributed by atoms with Crippen molar-refractivity contribution in [3.63, 3.8) is 0 Å². The van der Waals surface area contributed by atoms with Gasteiger partial charge in [-0.1, -0.05) is 29.8 Å². The van der Waals surface area contributed by atoms with Crippen molar-refractivity contribution < 1.29 is 4.79 Å². The van der Waals surface area contributed by atoms with Crippen molar-refractivity contribution in [2.75, 3.05) is 0 Å². The number of hydrogen-bond donors (Lipinski definition) is 0. The Hall–Kier alpha value is -2.79. The lowest BCUT2D eigenvalue weighted by molar-refractivity contribution is -0.126. The molecule has 1 aliphatic heterocycles. The summed E-state index contributed by atoms with van der Waals surface area (Å²) in [6.45, 7) is 7.47. The number of carbonyl (C=O) groups is 1. The number of carbonyl (C=O) groups excluding carboxylic acids is 1. The highest BCUT2D eigenvalue weighted by Crippen LogP contribution is 2.32. The summed E-state index contributed by atoms with van der Waals surface area (Å²) in [5.74, 6) is 0.983. The monoisotopic (exact) mass is 394 g/mol. The molecule has 0 unspecified atom stereocenters. The molecule has 0 bridgehead atoms. The number of nitrogens with zero attached hydrogens (tertiary/aromatic N) is 4. The summed E-state index contributed by atoms with van der Waals surface area (Å²) in [5.41, 5.74) is 2.74. The van der Waals surface area contributed by atoms with Crippen LogP contribution in [0.25, 0.3) is 11.9 Å². The quantitative estimate of drug-likeness (QED) is 0.607. The maximum Gasteiger partial charge on any atom is 0.247 e. The molecule has 4 rings (SSSR count). The molecule has 0 aliphatic carbocycles. The minimum absolute atomic E-state index is 0.0429. The molecule has 5 nitrogen and oxygen atoms in total. The molecular formula is C22H23ClN4O. The van der Waals surface area contributed by atoms with Gasteiger partial charge in [0.1, 0.15) is 5.82 Å². The van der Waals surface area contributed by atoms with Gasteiger partial charge in [0.15, 0.2) is 0 Å². The lowest BCUT2D eigenvalue weighted by Gasteiger charge is -2.24. The van der Waals surface area contributed by atoms with Crippen LogP contribution < -0.4 is 0 Å². The molecule has 0 fully saturated rings. The fraction of sp³-hybridized carbons (Fsp3) is 0.273. The van der Waals surface area contributed by atoms with Crippen molar-refractivity contribution >= 4 is 23.6 Å². The maximum atomic E-state index is 12.7. The number of benzene rings is 1. The molecule has 0 N–H and O–H groups in total. The summed E-state index contributed by atoms with van der Waals surface area (Å²) in [4.78, 5) is 14.5. The van der Waals surface area contributed by atoms with Gasteiger partial charge in [0.25, 0.3) is 0 Å². The predicted octanol–water partition coefficient (Wildman–Crippen LogP) is 4.64. The van der Waals surface area contributed by atoms with Crippen LogP contribution in [-0.4, -0.2) is 25.2 Å². The summed E-state index contributed by atoms with van der Waals surface area (Å²) >= 11 is 6.17. The van der Waals surface area contributed by atoms with Gasteiger partial charge in [-0.3, -0.25) is 4.79 Å². The van der Waals surface area contributed by atoms with Gasteiger partial charge in [-0.05, 0) is 50.6 Å². The first-order valence-corrected chi connectivity index (χ1v) is 9.68. The molecule has 0 saturated heterocycles. The third-order valence-electron chi connectivity index (χ3n) is 4.84. The standard InChI is InChI=1S/C22H23ClN4O/c1-22(2,3)27-21(25-12-6-7-13-25)17-14-26(15-19(17)24-27)20(28)11-10-16-8-4-5-9-18(16)23/h4-13H,14-15H2,1-3H3. The molecule has 144 valence electrons. The van der Waals surface area contributed by atoms with Gasteiger partial charge in [-0.2, -0.15) is 5.10 Å². The molecular weight excluding hydrogens is 372 g/mol. The van der Waals surface area contributed by atoms with Crippen molar-refractivity contribution in [3.05, 3.63) is 76.7 Å². The Bertz CT molecular complexity index is 1040. The van der Waals surface area contributed by atoms with Crippen LogP contribution >= 0.6 is 11.6 Å². The van der Waals surface area contributed by atoms with Gasteiger partial charge < -0.3 is 9.47 Å². The highest BCUT2D eigenvalue weighted by Gasteiger charge is 2.32. The fourth-order valence-electron chi connectivity index (χ4n) is 3.44. The van der Waals surface area contributed by atoms with E-state index in [1.807, 2.05) is 53.7 Å². The third kappa shape index (κ3) is 3.38. The van der Waals surface area contributed by atoms with E-state index < -0.39 is 0 Å². The highest BCUT2D eigenvalue weighted by atomic mass is 35.5. The first-order valence-electron chi connectivity index (χ1n) is 9.31. The van der Waals surface area contributed by atoms with Crippen molar-refractivity contribution in [2.24, 2.45) is 0 Å². The van der Waals surface area contributed by atoms with Gasteiger partial charge in [0, 0.05) is 29.1 Å². The van der Waals surface area contributed by atoms with E-state index in [1.165, 1.54) is 0 Å². The Balaban J connectivity index is 1.61. The summed E-state index contributed by atoms with van der Waals surface area (Å²) < 4.78 is 4.13. The second-order valence-electron chi connectivity index (χ2n) is 7.97. The van der Waals surface area contributed by atoms with E-state index in [0.29, 0.717) is 18.1 Å². The lowest BCUT2D eigenvalue weighted by atomic mass is 10.1. The summed E-state index contributed by atoms with van der Waals surface area (Å²) in [6.07, 6.45) is 7.38. The Morgan fingerprint density at radius 3 is 2.50 bits per heavy atom. The predicted molar refractivity (Wildman–Crippen MR) is 111 cm³/mol. The van der Waals surface area contributed by atoms with E-state index in [9.17, 15) is 4.79 Å². The molecule has 0 spiro atoms. The molecule has 1 amide bonds. The number of halogens is 1. The van der Waals surface area contributed by atoms with Crippen LogP contribution in [0, 0.1) is 0 Å². The average Bonchev–Trinajstić information content (AvgIpc) is 3.35. The zero-order valence-corrected chi connectivity index (χ0v) is 17.0. The molecule has 0 radical (unpaired) electrons. The highest BCUT2D eigenvalue weighted by molar-refractivity contribution is 6.32. The molecule has 0 saturated carbocycles. The molecule has 3 aromatic rings. The molecule has 3 heterocycles. The number of aromatic nitrogens is 3. The van der Waals surface area contributed by atoms with E-state index >= 15 is 0 Å². The van der Waals surface area contributed by atoms with Crippen LogP contribution in [0.1, 0.15) is 37.6 Å². The minimum Gasteiger partial charge on any atom is -0.329 e.